The Morgan fingerprint density at radius 2 is 2.00 bits per heavy atom. The van der Waals surface area contributed by atoms with Crippen LogP contribution in [0.1, 0.15) is 19.4 Å². The third-order valence-electron chi connectivity index (χ3n) is 4.59. The van der Waals surface area contributed by atoms with Gasteiger partial charge in [-0.2, -0.15) is 4.98 Å². The molecule has 2 aromatic heterocycles. The number of allylic oxidation sites excluding steroid dienone is 3. The predicted octanol–water partition coefficient (Wildman–Crippen LogP) is 5.16. The number of hydrogen-bond donors (Lipinski definition) is 1. The number of nitrogens with one attached hydrogen (secondary N) is 1. The van der Waals surface area contributed by atoms with Crippen molar-refractivity contribution in [3.05, 3.63) is 77.4 Å². The Morgan fingerprint density at radius 3 is 2.68 bits per heavy atom. The van der Waals surface area contributed by atoms with Crippen molar-refractivity contribution in [2.75, 3.05) is 19.5 Å². The Morgan fingerprint density at radius 1 is 1.19 bits per heavy atom. The van der Waals surface area contributed by atoms with Crippen molar-refractivity contribution in [1.29, 1.82) is 0 Å². The SMILES string of the molecule is C\C=C/C(=C\C(OC)=C(/C)OC)C(=O)Nc1ccc(C)cc1-c1nc2ncccc2o1. The zero-order valence-electron chi connectivity index (χ0n) is 18.2. The summed E-state index contributed by atoms with van der Waals surface area (Å²) < 4.78 is 16.5. The van der Waals surface area contributed by atoms with E-state index in [0.29, 0.717) is 45.5 Å². The summed E-state index contributed by atoms with van der Waals surface area (Å²) in [5.41, 5.74) is 3.74. The van der Waals surface area contributed by atoms with Gasteiger partial charge in [-0.15, -0.1) is 0 Å². The molecule has 0 aliphatic carbocycles. The number of hydrogen-bond acceptors (Lipinski definition) is 6. The highest BCUT2D eigenvalue weighted by molar-refractivity contribution is 6.07. The second kappa shape index (κ2) is 9.75. The standard InChI is InChI=1S/C24H25N3O4/c1-6-8-17(14-21(30-5)16(3)29-4)23(28)26-19-11-10-15(2)13-18(19)24-27-22-20(31-24)9-7-12-25-22/h6-14H,1-5H3,(H,26,28)/b8-6-,17-14+,21-16-. The minimum atomic E-state index is -0.309. The first-order chi connectivity index (χ1) is 15.0. The van der Waals surface area contributed by atoms with E-state index in [-0.39, 0.29) is 5.91 Å². The van der Waals surface area contributed by atoms with Gasteiger partial charge in [0.05, 0.1) is 25.5 Å². The van der Waals surface area contributed by atoms with Crippen molar-refractivity contribution in [3.8, 4) is 11.5 Å². The topological polar surface area (TPSA) is 86.5 Å². The molecule has 1 N–H and O–H groups in total. The van der Waals surface area contributed by atoms with Gasteiger partial charge in [-0.05, 0) is 51.1 Å². The summed E-state index contributed by atoms with van der Waals surface area (Å²) in [7, 11) is 3.07. The minimum absolute atomic E-state index is 0.309. The fraction of sp³-hybridized carbons (Fsp3) is 0.208. The second-order valence-electron chi connectivity index (χ2n) is 6.78. The van der Waals surface area contributed by atoms with Gasteiger partial charge < -0.3 is 19.2 Å². The lowest BCUT2D eigenvalue weighted by Crippen LogP contribution is -2.14. The van der Waals surface area contributed by atoms with Gasteiger partial charge in [0.1, 0.15) is 5.76 Å². The highest BCUT2D eigenvalue weighted by Crippen LogP contribution is 2.31. The summed E-state index contributed by atoms with van der Waals surface area (Å²) in [6.45, 7) is 5.56. The van der Waals surface area contributed by atoms with Gasteiger partial charge in [-0.3, -0.25) is 4.79 Å². The Bertz CT molecular complexity index is 1160. The number of anilines is 1. The molecule has 0 fully saturated rings. The summed E-state index contributed by atoms with van der Waals surface area (Å²) in [6.07, 6.45) is 6.77. The molecule has 7 nitrogen and oxygen atoms in total. The van der Waals surface area contributed by atoms with Gasteiger partial charge in [0.25, 0.3) is 5.91 Å². The number of carbonyl (C=O) groups is 1. The van der Waals surface area contributed by atoms with Crippen molar-refractivity contribution in [3.63, 3.8) is 0 Å². The van der Waals surface area contributed by atoms with E-state index in [4.69, 9.17) is 13.9 Å². The number of oxazole rings is 1. The molecule has 31 heavy (non-hydrogen) atoms. The molecule has 0 atom stereocenters. The maximum absolute atomic E-state index is 13.1. The number of amides is 1. The number of ether oxygens (including phenoxy) is 2. The van der Waals surface area contributed by atoms with E-state index in [9.17, 15) is 4.79 Å². The molecule has 0 saturated carbocycles. The lowest BCUT2D eigenvalue weighted by Gasteiger charge is -2.12. The number of benzene rings is 1. The van der Waals surface area contributed by atoms with Crippen molar-refractivity contribution < 1.29 is 18.7 Å². The van der Waals surface area contributed by atoms with Gasteiger partial charge in [0.2, 0.25) is 5.89 Å². The van der Waals surface area contributed by atoms with Crippen LogP contribution in [0.15, 0.2) is 76.3 Å². The van der Waals surface area contributed by atoms with E-state index in [0.717, 1.165) is 5.56 Å². The maximum Gasteiger partial charge on any atom is 0.255 e. The van der Waals surface area contributed by atoms with Crippen molar-refractivity contribution in [2.24, 2.45) is 0 Å². The fourth-order valence-corrected chi connectivity index (χ4v) is 2.94. The van der Waals surface area contributed by atoms with Crippen molar-refractivity contribution in [1.82, 2.24) is 9.97 Å². The number of aromatic nitrogens is 2. The molecule has 0 bridgehead atoms. The first kappa shape index (κ1) is 21.8. The maximum atomic E-state index is 13.1. The van der Waals surface area contributed by atoms with Crippen LogP contribution in [-0.2, 0) is 14.3 Å². The summed E-state index contributed by atoms with van der Waals surface area (Å²) >= 11 is 0. The van der Waals surface area contributed by atoms with Crippen LogP contribution in [0, 0.1) is 6.92 Å². The molecule has 0 spiro atoms. The average molecular weight is 419 g/mol. The van der Waals surface area contributed by atoms with Crippen molar-refractivity contribution >= 4 is 22.8 Å². The van der Waals surface area contributed by atoms with Crippen LogP contribution in [-0.4, -0.2) is 30.1 Å². The molecular weight excluding hydrogens is 394 g/mol. The van der Waals surface area contributed by atoms with Crippen LogP contribution in [0.3, 0.4) is 0 Å². The predicted molar refractivity (Wildman–Crippen MR) is 120 cm³/mol. The highest BCUT2D eigenvalue weighted by Gasteiger charge is 2.17. The zero-order valence-corrected chi connectivity index (χ0v) is 18.2. The summed E-state index contributed by atoms with van der Waals surface area (Å²) in [5.74, 6) is 1.10. The molecule has 0 radical (unpaired) electrons. The number of pyridine rings is 1. The summed E-state index contributed by atoms with van der Waals surface area (Å²) in [6, 6.07) is 9.24. The minimum Gasteiger partial charge on any atom is -0.498 e. The van der Waals surface area contributed by atoms with E-state index in [1.165, 1.54) is 7.11 Å². The fourth-order valence-electron chi connectivity index (χ4n) is 2.94. The molecular formula is C24H25N3O4. The molecule has 0 aliphatic heterocycles. The third-order valence-corrected chi connectivity index (χ3v) is 4.59. The molecule has 160 valence electrons. The van der Waals surface area contributed by atoms with Crippen molar-refractivity contribution in [2.45, 2.75) is 20.8 Å². The van der Waals surface area contributed by atoms with Crippen LogP contribution < -0.4 is 5.32 Å². The molecule has 0 aliphatic rings. The number of nitrogens with zero attached hydrogens (tertiary/aromatic N) is 2. The number of fused-ring (bicyclic) bond motifs is 1. The normalized spacial score (nSPS) is 12.7. The molecule has 1 amide bonds. The first-order valence-electron chi connectivity index (χ1n) is 9.74. The molecule has 2 heterocycles. The largest absolute Gasteiger partial charge is 0.498 e. The Hall–Kier alpha value is -3.87. The third kappa shape index (κ3) is 5.01. The summed E-state index contributed by atoms with van der Waals surface area (Å²) in [4.78, 5) is 21.8. The molecule has 1 aromatic carbocycles. The highest BCUT2D eigenvalue weighted by atomic mass is 16.5. The van der Waals surface area contributed by atoms with E-state index in [1.54, 1.807) is 50.6 Å². The van der Waals surface area contributed by atoms with Crippen LogP contribution >= 0.6 is 0 Å². The smallest absolute Gasteiger partial charge is 0.255 e. The van der Waals surface area contributed by atoms with Crippen LogP contribution in [0.5, 0.6) is 0 Å². The van der Waals surface area contributed by atoms with Gasteiger partial charge in [-0.25, -0.2) is 4.98 Å². The molecule has 0 saturated heterocycles. The lowest BCUT2D eigenvalue weighted by atomic mass is 10.1. The lowest BCUT2D eigenvalue weighted by molar-refractivity contribution is -0.112. The van der Waals surface area contributed by atoms with Crippen LogP contribution in [0.2, 0.25) is 0 Å². The average Bonchev–Trinajstić information content (AvgIpc) is 3.21. The Kier molecular flexibility index (Phi) is 6.87. The number of carbonyl (C=O) groups excluding carboxylic acids is 1. The van der Waals surface area contributed by atoms with E-state index in [2.05, 4.69) is 15.3 Å². The molecule has 3 aromatic rings. The van der Waals surface area contributed by atoms with Gasteiger partial charge in [-0.1, -0.05) is 23.8 Å². The molecule has 3 rings (SSSR count). The molecule has 7 heteroatoms. The monoisotopic (exact) mass is 419 g/mol. The van der Waals surface area contributed by atoms with E-state index < -0.39 is 0 Å². The molecule has 0 unspecified atom stereocenters. The van der Waals surface area contributed by atoms with Crippen LogP contribution in [0.4, 0.5) is 5.69 Å². The second-order valence-corrected chi connectivity index (χ2v) is 6.78. The van der Waals surface area contributed by atoms with E-state index >= 15 is 0 Å². The number of aryl methyl sites for hydroxylation is 1. The van der Waals surface area contributed by atoms with Gasteiger partial charge in [0, 0.05) is 11.8 Å². The zero-order chi connectivity index (χ0) is 22.4. The van der Waals surface area contributed by atoms with E-state index in [1.807, 2.05) is 32.0 Å². The van der Waals surface area contributed by atoms with Crippen LogP contribution in [0.25, 0.3) is 22.7 Å². The first-order valence-corrected chi connectivity index (χ1v) is 9.74. The van der Waals surface area contributed by atoms with Gasteiger partial charge in [0.15, 0.2) is 17.0 Å². The Labute approximate surface area is 181 Å². The Balaban J connectivity index is 2.00. The number of rotatable bonds is 7. The summed E-state index contributed by atoms with van der Waals surface area (Å²) in [5, 5.41) is 2.95. The number of methoxy groups -OCH3 is 2. The quantitative estimate of drug-likeness (QED) is 0.323. The van der Waals surface area contributed by atoms with Gasteiger partial charge >= 0.3 is 0 Å².